The van der Waals surface area contributed by atoms with Crippen molar-refractivity contribution >= 4 is 11.6 Å². The van der Waals surface area contributed by atoms with E-state index in [1.165, 1.54) is 0 Å². The average molecular weight is 170 g/mol. The topological polar surface area (TPSA) is 115 Å². The van der Waals surface area contributed by atoms with Crippen molar-refractivity contribution in [2.45, 2.75) is 0 Å². The van der Waals surface area contributed by atoms with Gasteiger partial charge in [0.1, 0.15) is 0 Å². The van der Waals surface area contributed by atoms with Crippen LogP contribution in [0.1, 0.15) is 10.5 Å². The Balaban J connectivity index is 2.91. The van der Waals surface area contributed by atoms with Crippen LogP contribution < -0.4 is 5.73 Å². The number of hydrogen-bond acceptors (Lipinski definition) is 5. The Hall–Kier alpha value is -1.76. The molecule has 0 amide bonds. The predicted molar refractivity (Wildman–Crippen MR) is 38.6 cm³/mol. The van der Waals surface area contributed by atoms with E-state index in [1.54, 1.807) is 0 Å². The summed E-state index contributed by atoms with van der Waals surface area (Å²) in [6.07, 6.45) is 0. The van der Waals surface area contributed by atoms with E-state index in [0.29, 0.717) is 0 Å². The normalized spacial score (nSPS) is 9.75. The van der Waals surface area contributed by atoms with Gasteiger partial charge in [0.2, 0.25) is 0 Å². The number of nitro groups is 1. The highest BCUT2D eigenvalue weighted by atomic mass is 16.6. The molecule has 0 spiro atoms. The molecule has 0 saturated carbocycles. The molecular weight excluding hydrogens is 164 g/mol. The van der Waals surface area contributed by atoms with E-state index < -0.39 is 10.7 Å². The highest BCUT2D eigenvalue weighted by Crippen LogP contribution is 2.07. The lowest BCUT2D eigenvalue weighted by Gasteiger charge is -1.85. The smallest absolute Gasteiger partial charge is 0.343 e. The lowest BCUT2D eigenvalue weighted by atomic mass is 10.3. The minimum atomic E-state index is -0.666. The third-order valence-corrected chi connectivity index (χ3v) is 1.23. The Morgan fingerprint density at radius 3 is 2.92 bits per heavy atom. The lowest BCUT2D eigenvalue weighted by molar-refractivity contribution is -0.389. The van der Waals surface area contributed by atoms with Gasteiger partial charge >= 0.3 is 5.82 Å². The van der Waals surface area contributed by atoms with Crippen molar-refractivity contribution in [1.29, 1.82) is 0 Å². The number of carbonyl (C=O) groups is 1. The third-order valence-electron chi connectivity index (χ3n) is 1.23. The molecule has 1 heterocycles. The van der Waals surface area contributed by atoms with Crippen LogP contribution in [0.25, 0.3) is 0 Å². The first kappa shape index (κ1) is 8.34. The first-order valence-electron chi connectivity index (χ1n) is 3.08. The number of ketones is 1. The molecule has 0 atom stereocenters. The molecule has 12 heavy (non-hydrogen) atoms. The maximum absolute atomic E-state index is 10.8. The van der Waals surface area contributed by atoms with Crippen molar-refractivity contribution in [3.63, 3.8) is 0 Å². The molecule has 0 unspecified atom stereocenters. The van der Waals surface area contributed by atoms with Gasteiger partial charge in [-0.3, -0.25) is 4.79 Å². The number of Topliss-reactive ketones (excluding diaryl/α,β-unsaturated/α-hetero) is 1. The summed E-state index contributed by atoms with van der Waals surface area (Å²) in [5, 5.41) is 15.6. The zero-order chi connectivity index (χ0) is 9.14. The summed E-state index contributed by atoms with van der Waals surface area (Å²) in [5.41, 5.74) is 5.01. The molecule has 0 aliphatic heterocycles. The largest absolute Gasteiger partial charge is 0.358 e. The number of hydrogen-bond donors (Lipinski definition) is 2. The maximum atomic E-state index is 10.8. The Morgan fingerprint density at radius 2 is 2.50 bits per heavy atom. The van der Waals surface area contributed by atoms with E-state index in [4.69, 9.17) is 5.73 Å². The first-order valence-corrected chi connectivity index (χ1v) is 3.08. The Labute approximate surface area is 66.7 Å². The number of nitrogens with zero attached hydrogens (tertiary/aromatic N) is 2. The van der Waals surface area contributed by atoms with E-state index >= 15 is 0 Å². The van der Waals surface area contributed by atoms with Crippen molar-refractivity contribution in [3.8, 4) is 0 Å². The molecule has 0 radical (unpaired) electrons. The number of nitrogens with two attached hydrogens (primary N) is 1. The Kier molecular flexibility index (Phi) is 2.15. The number of aromatic nitrogens is 2. The van der Waals surface area contributed by atoms with Crippen molar-refractivity contribution in [2.24, 2.45) is 5.73 Å². The van der Waals surface area contributed by atoms with Crippen LogP contribution in [0.5, 0.6) is 0 Å². The van der Waals surface area contributed by atoms with Crippen LogP contribution in [0, 0.1) is 10.1 Å². The van der Waals surface area contributed by atoms with Crippen molar-refractivity contribution in [2.75, 3.05) is 6.54 Å². The average Bonchev–Trinajstić information content (AvgIpc) is 2.51. The van der Waals surface area contributed by atoms with Crippen molar-refractivity contribution in [1.82, 2.24) is 10.2 Å². The SMILES string of the molecule is NCC(=O)c1cc([N+](=O)[O-])[nH]n1. The van der Waals surface area contributed by atoms with Gasteiger partial charge in [-0.15, -0.1) is 5.10 Å². The molecule has 0 aliphatic carbocycles. The molecule has 3 N–H and O–H groups in total. The summed E-state index contributed by atoms with van der Waals surface area (Å²) in [7, 11) is 0. The summed E-state index contributed by atoms with van der Waals surface area (Å²) in [5.74, 6) is -0.744. The summed E-state index contributed by atoms with van der Waals surface area (Å²) in [4.78, 5) is 20.3. The highest BCUT2D eigenvalue weighted by Gasteiger charge is 2.14. The fourth-order valence-corrected chi connectivity index (χ4v) is 0.652. The maximum Gasteiger partial charge on any atom is 0.343 e. The van der Waals surface area contributed by atoms with E-state index in [1.807, 2.05) is 0 Å². The minimum Gasteiger partial charge on any atom is -0.358 e. The van der Waals surface area contributed by atoms with Gasteiger partial charge in [-0.2, -0.15) is 0 Å². The summed E-state index contributed by atoms with van der Waals surface area (Å²) in [6, 6.07) is 1.05. The van der Waals surface area contributed by atoms with E-state index in [0.717, 1.165) is 6.07 Å². The molecule has 7 heteroatoms. The monoisotopic (exact) mass is 170 g/mol. The third kappa shape index (κ3) is 1.45. The van der Waals surface area contributed by atoms with E-state index in [9.17, 15) is 14.9 Å². The van der Waals surface area contributed by atoms with E-state index in [2.05, 4.69) is 10.2 Å². The van der Waals surface area contributed by atoms with Crippen LogP contribution in [-0.2, 0) is 0 Å². The van der Waals surface area contributed by atoms with Gasteiger partial charge in [0.25, 0.3) is 0 Å². The van der Waals surface area contributed by atoms with Crippen LogP contribution in [-0.4, -0.2) is 27.4 Å². The van der Waals surface area contributed by atoms with Crippen LogP contribution >= 0.6 is 0 Å². The van der Waals surface area contributed by atoms with Gasteiger partial charge in [-0.25, -0.2) is 0 Å². The molecule has 0 saturated heterocycles. The fraction of sp³-hybridized carbons (Fsp3) is 0.200. The summed E-state index contributed by atoms with van der Waals surface area (Å²) in [6.45, 7) is -0.206. The number of aromatic amines is 1. The van der Waals surface area contributed by atoms with Crippen LogP contribution in [0.3, 0.4) is 0 Å². The summed E-state index contributed by atoms with van der Waals surface area (Å²) < 4.78 is 0. The highest BCUT2D eigenvalue weighted by molar-refractivity contribution is 5.96. The van der Waals surface area contributed by atoms with Gasteiger partial charge in [0.05, 0.1) is 12.6 Å². The standard InChI is InChI=1S/C5H6N4O3/c6-2-4(10)3-1-5(8-7-3)9(11)12/h1H,2,6H2,(H,7,8). The van der Waals surface area contributed by atoms with Gasteiger partial charge < -0.3 is 15.8 Å². The fourth-order valence-electron chi connectivity index (χ4n) is 0.652. The molecule has 0 bridgehead atoms. The number of rotatable bonds is 3. The Morgan fingerprint density at radius 1 is 1.83 bits per heavy atom. The molecular formula is C5H6N4O3. The lowest BCUT2D eigenvalue weighted by Crippen LogP contribution is -2.13. The number of nitrogens with one attached hydrogen (secondary N) is 1. The molecule has 0 fully saturated rings. The van der Waals surface area contributed by atoms with Crippen LogP contribution in [0.2, 0.25) is 0 Å². The van der Waals surface area contributed by atoms with Crippen LogP contribution in [0.4, 0.5) is 5.82 Å². The quantitative estimate of drug-likeness (QED) is 0.359. The number of H-pyrrole nitrogens is 1. The zero-order valence-electron chi connectivity index (χ0n) is 5.98. The molecule has 0 aromatic carbocycles. The second kappa shape index (κ2) is 3.09. The molecule has 7 nitrogen and oxygen atoms in total. The zero-order valence-corrected chi connectivity index (χ0v) is 5.98. The predicted octanol–water partition coefficient (Wildman–Crippen LogP) is -0.541. The second-order valence-electron chi connectivity index (χ2n) is 2.02. The van der Waals surface area contributed by atoms with Gasteiger partial charge in [-0.05, 0) is 4.92 Å². The van der Waals surface area contributed by atoms with Gasteiger partial charge in [0.15, 0.2) is 11.5 Å². The van der Waals surface area contributed by atoms with E-state index in [-0.39, 0.29) is 18.1 Å². The van der Waals surface area contributed by atoms with Crippen molar-refractivity contribution in [3.05, 3.63) is 21.9 Å². The summed E-state index contributed by atoms with van der Waals surface area (Å²) >= 11 is 0. The minimum absolute atomic E-state index is 0.01000. The molecule has 1 rings (SSSR count). The van der Waals surface area contributed by atoms with Crippen LogP contribution in [0.15, 0.2) is 6.07 Å². The molecule has 1 aromatic rings. The molecule has 0 aliphatic rings. The first-order chi connectivity index (χ1) is 5.65. The van der Waals surface area contributed by atoms with Gasteiger partial charge in [-0.1, -0.05) is 5.10 Å². The molecule has 1 aromatic heterocycles. The second-order valence-corrected chi connectivity index (χ2v) is 2.02. The number of carbonyl (C=O) groups excluding carboxylic acids is 1. The van der Waals surface area contributed by atoms with Crippen molar-refractivity contribution < 1.29 is 9.72 Å². The Bertz CT molecular complexity index is 318. The molecule has 64 valence electrons. The van der Waals surface area contributed by atoms with Gasteiger partial charge in [0, 0.05) is 0 Å².